The Labute approximate surface area is 129 Å². The Balaban J connectivity index is 2.26. The summed E-state index contributed by atoms with van der Waals surface area (Å²) in [5.74, 6) is 0. The van der Waals surface area contributed by atoms with Crippen LogP contribution in [-0.4, -0.2) is 0 Å². The van der Waals surface area contributed by atoms with Crippen molar-refractivity contribution in [1.29, 1.82) is 0 Å². The zero-order valence-corrected chi connectivity index (χ0v) is 13.7. The third-order valence-electron chi connectivity index (χ3n) is 4.41. The molecular formula is C18H19I. The SMILES string of the molecule is CCCCC1(C)c2ccccc2-c2cccc(I)c21. The van der Waals surface area contributed by atoms with Crippen molar-refractivity contribution in [2.24, 2.45) is 0 Å². The number of rotatable bonds is 3. The molecule has 98 valence electrons. The highest BCUT2D eigenvalue weighted by molar-refractivity contribution is 14.1. The molecule has 0 radical (unpaired) electrons. The van der Waals surface area contributed by atoms with Gasteiger partial charge in [-0.05, 0) is 57.3 Å². The molecule has 0 saturated heterocycles. The first-order valence-corrected chi connectivity index (χ1v) is 8.15. The van der Waals surface area contributed by atoms with Crippen LogP contribution in [0.1, 0.15) is 44.2 Å². The summed E-state index contributed by atoms with van der Waals surface area (Å²) >= 11 is 2.50. The second-order valence-corrected chi connectivity index (χ2v) is 6.81. The fourth-order valence-corrected chi connectivity index (χ4v) is 4.53. The minimum Gasteiger partial charge on any atom is -0.0654 e. The van der Waals surface area contributed by atoms with Crippen LogP contribution in [0.4, 0.5) is 0 Å². The highest BCUT2D eigenvalue weighted by atomic mass is 127. The van der Waals surface area contributed by atoms with Crippen LogP contribution in [0.15, 0.2) is 42.5 Å². The normalized spacial score (nSPS) is 20.2. The van der Waals surface area contributed by atoms with Gasteiger partial charge in [-0.1, -0.05) is 63.1 Å². The maximum atomic E-state index is 2.50. The minimum absolute atomic E-state index is 0.194. The summed E-state index contributed by atoms with van der Waals surface area (Å²) in [7, 11) is 0. The molecule has 1 unspecified atom stereocenters. The maximum Gasteiger partial charge on any atom is 0.0197 e. The molecule has 1 heteroatoms. The zero-order valence-electron chi connectivity index (χ0n) is 11.5. The van der Waals surface area contributed by atoms with Gasteiger partial charge in [-0.3, -0.25) is 0 Å². The maximum absolute atomic E-state index is 2.50. The summed E-state index contributed by atoms with van der Waals surface area (Å²) in [5.41, 5.74) is 6.14. The van der Waals surface area contributed by atoms with E-state index in [4.69, 9.17) is 0 Å². The summed E-state index contributed by atoms with van der Waals surface area (Å²) in [4.78, 5) is 0. The molecule has 2 aromatic rings. The molecule has 1 aliphatic rings. The van der Waals surface area contributed by atoms with Gasteiger partial charge in [0.2, 0.25) is 0 Å². The Hall–Kier alpha value is -0.830. The van der Waals surface area contributed by atoms with Crippen molar-refractivity contribution in [3.8, 4) is 11.1 Å². The van der Waals surface area contributed by atoms with Crippen molar-refractivity contribution < 1.29 is 0 Å². The van der Waals surface area contributed by atoms with Crippen LogP contribution < -0.4 is 0 Å². The van der Waals surface area contributed by atoms with Crippen LogP contribution in [-0.2, 0) is 5.41 Å². The van der Waals surface area contributed by atoms with Crippen LogP contribution in [0.3, 0.4) is 0 Å². The third kappa shape index (κ3) is 1.94. The molecule has 1 aliphatic carbocycles. The first-order valence-electron chi connectivity index (χ1n) is 7.07. The van der Waals surface area contributed by atoms with Gasteiger partial charge < -0.3 is 0 Å². The topological polar surface area (TPSA) is 0 Å². The van der Waals surface area contributed by atoms with Gasteiger partial charge in [0, 0.05) is 8.99 Å². The van der Waals surface area contributed by atoms with Gasteiger partial charge in [0.25, 0.3) is 0 Å². The van der Waals surface area contributed by atoms with Crippen molar-refractivity contribution in [2.45, 2.75) is 38.5 Å². The van der Waals surface area contributed by atoms with E-state index in [-0.39, 0.29) is 5.41 Å². The molecule has 1 atom stereocenters. The van der Waals surface area contributed by atoms with E-state index in [0.29, 0.717) is 0 Å². The number of hydrogen-bond donors (Lipinski definition) is 0. The lowest BCUT2D eigenvalue weighted by molar-refractivity contribution is 0.502. The van der Waals surface area contributed by atoms with E-state index in [9.17, 15) is 0 Å². The first-order chi connectivity index (χ1) is 9.18. The number of hydrogen-bond acceptors (Lipinski definition) is 0. The summed E-state index contributed by atoms with van der Waals surface area (Å²) in [6.45, 7) is 4.70. The first kappa shape index (κ1) is 13.2. The second-order valence-electron chi connectivity index (χ2n) is 5.64. The lowest BCUT2D eigenvalue weighted by atomic mass is 9.76. The highest BCUT2D eigenvalue weighted by Crippen LogP contribution is 2.52. The molecule has 0 aromatic heterocycles. The van der Waals surface area contributed by atoms with Gasteiger partial charge in [-0.2, -0.15) is 0 Å². The molecule has 0 heterocycles. The van der Waals surface area contributed by atoms with E-state index in [0.717, 1.165) is 0 Å². The molecule has 2 aromatic carbocycles. The van der Waals surface area contributed by atoms with E-state index in [1.807, 2.05) is 0 Å². The smallest absolute Gasteiger partial charge is 0.0197 e. The van der Waals surface area contributed by atoms with E-state index >= 15 is 0 Å². The summed E-state index contributed by atoms with van der Waals surface area (Å²) in [6.07, 6.45) is 3.79. The molecule has 0 spiro atoms. The number of benzene rings is 2. The molecule has 0 fully saturated rings. The van der Waals surface area contributed by atoms with Crippen molar-refractivity contribution in [3.05, 3.63) is 57.2 Å². The van der Waals surface area contributed by atoms with Gasteiger partial charge >= 0.3 is 0 Å². The lowest BCUT2D eigenvalue weighted by Gasteiger charge is -2.28. The third-order valence-corrected chi connectivity index (χ3v) is 5.31. The average molecular weight is 362 g/mol. The molecule has 0 aliphatic heterocycles. The van der Waals surface area contributed by atoms with Crippen LogP contribution in [0.5, 0.6) is 0 Å². The van der Waals surface area contributed by atoms with Crippen molar-refractivity contribution in [3.63, 3.8) is 0 Å². The molecule has 19 heavy (non-hydrogen) atoms. The Morgan fingerprint density at radius 3 is 2.53 bits per heavy atom. The molecule has 0 nitrogen and oxygen atoms in total. The van der Waals surface area contributed by atoms with Gasteiger partial charge in [-0.25, -0.2) is 0 Å². The van der Waals surface area contributed by atoms with Crippen molar-refractivity contribution in [1.82, 2.24) is 0 Å². The predicted molar refractivity (Wildman–Crippen MR) is 90.6 cm³/mol. The quantitative estimate of drug-likeness (QED) is 0.609. The summed E-state index contributed by atoms with van der Waals surface area (Å²) in [5, 5.41) is 0. The molecule has 0 saturated carbocycles. The second kappa shape index (κ2) is 4.93. The van der Waals surface area contributed by atoms with Gasteiger partial charge in [0.05, 0.1) is 0 Å². The van der Waals surface area contributed by atoms with E-state index in [1.54, 1.807) is 5.56 Å². The molecule has 0 bridgehead atoms. The van der Waals surface area contributed by atoms with Crippen molar-refractivity contribution >= 4 is 22.6 Å². The van der Waals surface area contributed by atoms with Gasteiger partial charge in [0.15, 0.2) is 0 Å². The number of halogens is 1. The molecular weight excluding hydrogens is 343 g/mol. The standard InChI is InChI=1S/C18H19I/c1-3-4-12-18(2)15-10-6-5-8-13(15)14-9-7-11-16(19)17(14)18/h5-11H,3-4,12H2,1-2H3. The summed E-state index contributed by atoms with van der Waals surface area (Å²) < 4.78 is 1.41. The molecule has 0 N–H and O–H groups in total. The number of fused-ring (bicyclic) bond motifs is 3. The number of unbranched alkanes of at least 4 members (excludes halogenated alkanes) is 1. The molecule has 3 rings (SSSR count). The Morgan fingerprint density at radius 2 is 1.74 bits per heavy atom. The van der Waals surface area contributed by atoms with Gasteiger partial charge in [-0.15, -0.1) is 0 Å². The van der Waals surface area contributed by atoms with E-state index in [1.165, 1.54) is 39.5 Å². The van der Waals surface area contributed by atoms with Crippen LogP contribution in [0, 0.1) is 3.57 Å². The van der Waals surface area contributed by atoms with Crippen molar-refractivity contribution in [2.75, 3.05) is 0 Å². The Bertz CT molecular complexity index is 615. The van der Waals surface area contributed by atoms with E-state index < -0.39 is 0 Å². The summed E-state index contributed by atoms with van der Waals surface area (Å²) in [6, 6.07) is 15.7. The Kier molecular flexibility index (Phi) is 3.42. The fraction of sp³-hybridized carbons (Fsp3) is 0.333. The largest absolute Gasteiger partial charge is 0.0654 e. The zero-order chi connectivity index (χ0) is 13.5. The Morgan fingerprint density at radius 1 is 1.00 bits per heavy atom. The fourth-order valence-electron chi connectivity index (χ4n) is 3.43. The highest BCUT2D eigenvalue weighted by Gasteiger charge is 2.39. The van der Waals surface area contributed by atoms with Crippen LogP contribution in [0.25, 0.3) is 11.1 Å². The van der Waals surface area contributed by atoms with Crippen LogP contribution in [0.2, 0.25) is 0 Å². The predicted octanol–water partition coefficient (Wildman–Crippen LogP) is 5.77. The van der Waals surface area contributed by atoms with Gasteiger partial charge in [0.1, 0.15) is 0 Å². The average Bonchev–Trinajstić information content (AvgIpc) is 2.69. The monoisotopic (exact) mass is 362 g/mol. The minimum atomic E-state index is 0.194. The van der Waals surface area contributed by atoms with E-state index in [2.05, 4.69) is 78.9 Å². The molecule has 0 amide bonds. The lowest BCUT2D eigenvalue weighted by Crippen LogP contribution is -2.21. The van der Waals surface area contributed by atoms with Crippen LogP contribution >= 0.6 is 22.6 Å².